The Hall–Kier alpha value is -2.93. The van der Waals surface area contributed by atoms with E-state index in [9.17, 15) is 14.9 Å². The average molecular weight is 346 g/mol. The summed E-state index contributed by atoms with van der Waals surface area (Å²) >= 11 is 0. The Balaban J connectivity index is 2.18. The van der Waals surface area contributed by atoms with Gasteiger partial charge in [0, 0.05) is 24.7 Å². The second-order valence-electron chi connectivity index (χ2n) is 7.22. The van der Waals surface area contributed by atoms with E-state index < -0.39 is 23.2 Å². The number of carbonyl (C=O) groups is 2. The molecule has 1 fully saturated rings. The van der Waals surface area contributed by atoms with Crippen LogP contribution in [0.1, 0.15) is 46.9 Å². The first-order chi connectivity index (χ1) is 12.4. The highest BCUT2D eigenvalue weighted by molar-refractivity contribution is 5.92. The molecule has 0 aromatic heterocycles. The van der Waals surface area contributed by atoms with Crippen LogP contribution in [0.15, 0.2) is 48.5 Å². The maximum atomic E-state index is 12.6. The van der Waals surface area contributed by atoms with Crippen LogP contribution in [0.2, 0.25) is 0 Å². The fourth-order valence-electron chi connectivity index (χ4n) is 4.02. The van der Waals surface area contributed by atoms with Gasteiger partial charge in [0.25, 0.3) is 0 Å². The van der Waals surface area contributed by atoms with Crippen LogP contribution < -0.4 is 5.73 Å². The molecule has 2 aromatic carbocycles. The highest BCUT2D eigenvalue weighted by Crippen LogP contribution is 2.53. The molecule has 2 unspecified atom stereocenters. The second kappa shape index (κ2) is 6.76. The molecular formula is C22H22N2O2. The molecule has 2 aromatic rings. The molecule has 1 amide bonds. The third kappa shape index (κ3) is 2.90. The van der Waals surface area contributed by atoms with Gasteiger partial charge in [-0.25, -0.2) is 0 Å². The molecule has 4 heteroatoms. The van der Waals surface area contributed by atoms with E-state index in [-0.39, 0.29) is 18.6 Å². The third-order valence-electron chi connectivity index (χ3n) is 5.52. The summed E-state index contributed by atoms with van der Waals surface area (Å²) < 4.78 is 0. The Kier molecular flexibility index (Phi) is 4.65. The van der Waals surface area contributed by atoms with E-state index in [0.29, 0.717) is 0 Å². The molecule has 1 aliphatic rings. The molecule has 0 heterocycles. The van der Waals surface area contributed by atoms with Gasteiger partial charge in [-0.3, -0.25) is 9.59 Å². The van der Waals surface area contributed by atoms with Gasteiger partial charge in [0.1, 0.15) is 11.2 Å². The first-order valence-electron chi connectivity index (χ1n) is 8.74. The van der Waals surface area contributed by atoms with Crippen LogP contribution in [0.25, 0.3) is 0 Å². The van der Waals surface area contributed by atoms with Crippen LogP contribution >= 0.6 is 0 Å². The fraction of sp³-hybridized carbons (Fsp3) is 0.318. The summed E-state index contributed by atoms with van der Waals surface area (Å²) in [5.74, 6) is -1.70. The SMILES string of the molecule is Cc1ccc(C2CC(=O)CC(c3ccc(C)cc3)C2(C#N)C(N)=O)cc1. The molecule has 1 aliphatic carbocycles. The van der Waals surface area contributed by atoms with Gasteiger partial charge in [-0.15, -0.1) is 0 Å². The van der Waals surface area contributed by atoms with Crippen molar-refractivity contribution >= 4 is 11.7 Å². The molecule has 0 spiro atoms. The van der Waals surface area contributed by atoms with Gasteiger partial charge in [-0.05, 0) is 25.0 Å². The number of Topliss-reactive ketones (excluding diaryl/α,β-unsaturated/α-hetero) is 1. The Morgan fingerprint density at radius 3 is 1.65 bits per heavy atom. The van der Waals surface area contributed by atoms with E-state index in [2.05, 4.69) is 6.07 Å². The van der Waals surface area contributed by atoms with Crippen LogP contribution in [0.3, 0.4) is 0 Å². The molecule has 3 rings (SSSR count). The minimum atomic E-state index is -1.45. The number of ketones is 1. The second-order valence-corrected chi connectivity index (χ2v) is 7.22. The number of nitrogens with two attached hydrogens (primary N) is 1. The molecule has 4 nitrogen and oxygen atoms in total. The smallest absolute Gasteiger partial charge is 0.239 e. The number of nitriles is 1. The maximum Gasteiger partial charge on any atom is 0.239 e. The molecule has 1 saturated carbocycles. The largest absolute Gasteiger partial charge is 0.368 e. The molecule has 2 atom stereocenters. The predicted molar refractivity (Wildman–Crippen MR) is 99.3 cm³/mol. The van der Waals surface area contributed by atoms with Gasteiger partial charge >= 0.3 is 0 Å². The number of rotatable bonds is 3. The van der Waals surface area contributed by atoms with Gasteiger partial charge < -0.3 is 5.73 Å². The number of hydrogen-bond donors (Lipinski definition) is 1. The van der Waals surface area contributed by atoms with Crippen molar-refractivity contribution in [2.24, 2.45) is 11.1 Å². The molecule has 0 saturated heterocycles. The topological polar surface area (TPSA) is 83.9 Å². The Bertz CT molecular complexity index is 818. The molecule has 0 bridgehead atoms. The lowest BCUT2D eigenvalue weighted by Gasteiger charge is -2.42. The zero-order valence-electron chi connectivity index (χ0n) is 15.0. The highest BCUT2D eigenvalue weighted by Gasteiger charge is 2.56. The predicted octanol–water partition coefficient (Wildman–Crippen LogP) is 3.53. The lowest BCUT2D eigenvalue weighted by molar-refractivity contribution is -0.132. The summed E-state index contributed by atoms with van der Waals surface area (Å²) in [6.07, 6.45) is 0.309. The van der Waals surface area contributed by atoms with E-state index in [0.717, 1.165) is 22.3 Å². The third-order valence-corrected chi connectivity index (χ3v) is 5.52. The summed E-state index contributed by atoms with van der Waals surface area (Å²) in [7, 11) is 0. The van der Waals surface area contributed by atoms with Gasteiger partial charge in [-0.1, -0.05) is 59.7 Å². The monoisotopic (exact) mass is 346 g/mol. The lowest BCUT2D eigenvalue weighted by atomic mass is 9.56. The molecule has 2 N–H and O–H groups in total. The molecule has 26 heavy (non-hydrogen) atoms. The van der Waals surface area contributed by atoms with Crippen molar-refractivity contribution in [1.29, 1.82) is 5.26 Å². The minimum absolute atomic E-state index is 0.0493. The van der Waals surface area contributed by atoms with E-state index in [1.807, 2.05) is 62.4 Å². The standard InChI is InChI=1S/C22H22N2O2/c1-14-3-7-16(8-4-14)19-11-18(25)12-20(22(19,13-23)21(24)26)17-9-5-15(2)6-10-17/h3-10,19-20H,11-12H2,1-2H3,(H2,24,26). The molecular weight excluding hydrogens is 324 g/mol. The normalized spacial score (nSPS) is 25.5. The van der Waals surface area contributed by atoms with Gasteiger partial charge in [0.15, 0.2) is 0 Å². The van der Waals surface area contributed by atoms with Crippen LogP contribution in [0, 0.1) is 30.6 Å². The Morgan fingerprint density at radius 1 is 0.962 bits per heavy atom. The zero-order chi connectivity index (χ0) is 18.9. The molecule has 132 valence electrons. The average Bonchev–Trinajstić information content (AvgIpc) is 2.62. The molecule has 0 radical (unpaired) electrons. The lowest BCUT2D eigenvalue weighted by Crippen LogP contribution is -2.49. The van der Waals surface area contributed by atoms with Gasteiger partial charge in [0.05, 0.1) is 6.07 Å². The number of amides is 1. The minimum Gasteiger partial charge on any atom is -0.368 e. The van der Waals surface area contributed by atoms with Crippen molar-refractivity contribution in [2.75, 3.05) is 0 Å². The summed E-state index contributed by atoms with van der Waals surface area (Å²) in [5.41, 5.74) is 8.12. The number of hydrogen-bond acceptors (Lipinski definition) is 3. The number of primary amides is 1. The summed E-state index contributed by atoms with van der Waals surface area (Å²) in [5, 5.41) is 10.1. The van der Waals surface area contributed by atoms with Crippen molar-refractivity contribution in [3.63, 3.8) is 0 Å². The summed E-state index contributed by atoms with van der Waals surface area (Å²) in [6.45, 7) is 3.94. The first-order valence-corrected chi connectivity index (χ1v) is 8.74. The Labute approximate surface area is 153 Å². The fourth-order valence-corrected chi connectivity index (χ4v) is 4.02. The van der Waals surface area contributed by atoms with E-state index in [1.165, 1.54) is 0 Å². The molecule has 0 aliphatic heterocycles. The number of carbonyl (C=O) groups excluding carboxylic acids is 2. The first kappa shape index (κ1) is 17.9. The zero-order valence-corrected chi connectivity index (χ0v) is 15.0. The van der Waals surface area contributed by atoms with E-state index in [1.54, 1.807) is 0 Å². The number of nitrogens with zero attached hydrogens (tertiary/aromatic N) is 1. The van der Waals surface area contributed by atoms with Gasteiger partial charge in [0.2, 0.25) is 5.91 Å². The van der Waals surface area contributed by atoms with E-state index in [4.69, 9.17) is 5.73 Å². The van der Waals surface area contributed by atoms with Crippen LogP contribution in [-0.4, -0.2) is 11.7 Å². The van der Waals surface area contributed by atoms with Crippen molar-refractivity contribution < 1.29 is 9.59 Å². The highest BCUT2D eigenvalue weighted by atomic mass is 16.1. The van der Waals surface area contributed by atoms with Gasteiger partial charge in [-0.2, -0.15) is 5.26 Å². The quantitative estimate of drug-likeness (QED) is 0.922. The van der Waals surface area contributed by atoms with E-state index >= 15 is 0 Å². The Morgan fingerprint density at radius 2 is 1.35 bits per heavy atom. The van der Waals surface area contributed by atoms with Crippen LogP contribution in [0.4, 0.5) is 0 Å². The summed E-state index contributed by atoms with van der Waals surface area (Å²) in [6, 6.07) is 17.5. The van der Waals surface area contributed by atoms with Crippen molar-refractivity contribution in [3.8, 4) is 6.07 Å². The van der Waals surface area contributed by atoms with Crippen molar-refractivity contribution in [1.82, 2.24) is 0 Å². The number of benzene rings is 2. The summed E-state index contributed by atoms with van der Waals surface area (Å²) in [4.78, 5) is 25.1. The van der Waals surface area contributed by atoms with Crippen molar-refractivity contribution in [2.45, 2.75) is 38.5 Å². The van der Waals surface area contributed by atoms with Crippen LogP contribution in [0.5, 0.6) is 0 Å². The number of aryl methyl sites for hydroxylation is 2. The maximum absolute atomic E-state index is 12.6. The van der Waals surface area contributed by atoms with Crippen LogP contribution in [-0.2, 0) is 9.59 Å². The van der Waals surface area contributed by atoms with Crippen molar-refractivity contribution in [3.05, 3.63) is 70.8 Å².